The minimum atomic E-state index is -0.349. The van der Waals surface area contributed by atoms with E-state index in [2.05, 4.69) is 271 Å². The fourth-order valence-electron chi connectivity index (χ4n) is 11.5. The van der Waals surface area contributed by atoms with Gasteiger partial charge in [0.05, 0.1) is 39.7 Å². The van der Waals surface area contributed by atoms with Crippen molar-refractivity contribution in [3.8, 4) is 73.3 Å². The van der Waals surface area contributed by atoms with Crippen LogP contribution in [0.25, 0.3) is 89.6 Å². The normalized spacial score (nSPS) is 12.6. The Labute approximate surface area is 470 Å². The molecule has 0 fully saturated rings. The number of hydrogen-bond donors (Lipinski definition) is 1. The first-order chi connectivity index (χ1) is 37.3. The van der Waals surface area contributed by atoms with Crippen molar-refractivity contribution in [3.05, 3.63) is 191 Å². The van der Waals surface area contributed by atoms with Crippen LogP contribution in [0, 0.1) is 0 Å². The number of rotatable bonds is 11. The van der Waals surface area contributed by atoms with E-state index < -0.39 is 0 Å². The summed E-state index contributed by atoms with van der Waals surface area (Å²) >= 11 is 0. The molecule has 0 saturated carbocycles. The standard InChI is InChI=1S/C73H81N5O/c1-43(2)56-36-49(47-25-20-18-21-26-47)37-57(44(3)4)66(56)77-63-31-32-74-42-62(63)75-69(77)52-33-51(34-53(35-52)71(9,10)11)55-29-24-30-64-65(55)76-70(60-40-54(72(12,13)14)41-61(68(60)79)73(15,16)17)78(64)67-58(45(5)6)38-50(39-59(67)46(7)8)48-27-22-19-23-28-48/h18-46,79H,1-17H3. The van der Waals surface area contributed by atoms with E-state index in [1.807, 2.05) is 12.4 Å². The van der Waals surface area contributed by atoms with Gasteiger partial charge in [0, 0.05) is 22.9 Å². The summed E-state index contributed by atoms with van der Waals surface area (Å²) in [5.41, 5.74) is 22.0. The van der Waals surface area contributed by atoms with Crippen molar-refractivity contribution >= 4 is 22.1 Å². The van der Waals surface area contributed by atoms with Gasteiger partial charge in [0.25, 0.3) is 0 Å². The van der Waals surface area contributed by atoms with Gasteiger partial charge in [-0.05, 0) is 156 Å². The molecule has 7 aromatic carbocycles. The number of para-hydroxylation sites is 1. The van der Waals surface area contributed by atoms with Gasteiger partial charge in [-0.15, -0.1) is 0 Å². The zero-order valence-electron chi connectivity index (χ0n) is 49.9. The molecule has 6 nitrogen and oxygen atoms in total. The fourth-order valence-corrected chi connectivity index (χ4v) is 11.5. The summed E-state index contributed by atoms with van der Waals surface area (Å²) < 4.78 is 4.82. The predicted octanol–water partition coefficient (Wildman–Crippen LogP) is 20.2. The van der Waals surface area contributed by atoms with Crippen molar-refractivity contribution in [1.29, 1.82) is 0 Å². The van der Waals surface area contributed by atoms with E-state index in [1.165, 1.54) is 55.8 Å². The smallest absolute Gasteiger partial charge is 0.149 e. The summed E-state index contributed by atoms with van der Waals surface area (Å²) in [5, 5.41) is 12.9. The number of imidazole rings is 2. The van der Waals surface area contributed by atoms with Crippen LogP contribution in [-0.2, 0) is 16.2 Å². The molecule has 0 aliphatic rings. The summed E-state index contributed by atoms with van der Waals surface area (Å²) in [7, 11) is 0. The van der Waals surface area contributed by atoms with Crippen molar-refractivity contribution < 1.29 is 5.11 Å². The van der Waals surface area contributed by atoms with Gasteiger partial charge in [0.15, 0.2) is 0 Å². The van der Waals surface area contributed by atoms with Gasteiger partial charge >= 0.3 is 0 Å². The molecule has 10 aromatic rings. The topological polar surface area (TPSA) is 68.8 Å². The molecule has 79 heavy (non-hydrogen) atoms. The number of fused-ring (bicyclic) bond motifs is 2. The summed E-state index contributed by atoms with van der Waals surface area (Å²) in [5.74, 6) is 2.60. The van der Waals surface area contributed by atoms with E-state index in [1.54, 1.807) is 0 Å². The lowest BCUT2D eigenvalue weighted by Gasteiger charge is -2.28. The van der Waals surface area contributed by atoms with E-state index >= 15 is 0 Å². The molecule has 404 valence electrons. The first-order valence-electron chi connectivity index (χ1n) is 28.7. The minimum absolute atomic E-state index is 0.159. The third-order valence-corrected chi connectivity index (χ3v) is 16.0. The lowest BCUT2D eigenvalue weighted by molar-refractivity contribution is 0.446. The highest BCUT2D eigenvalue weighted by Gasteiger charge is 2.32. The van der Waals surface area contributed by atoms with Gasteiger partial charge < -0.3 is 5.11 Å². The summed E-state index contributed by atoms with van der Waals surface area (Å²) in [6, 6.07) is 51.3. The molecular formula is C73H81N5O. The van der Waals surface area contributed by atoms with E-state index in [0.29, 0.717) is 0 Å². The zero-order chi connectivity index (χ0) is 56.6. The molecule has 0 saturated heterocycles. The van der Waals surface area contributed by atoms with Crippen LogP contribution >= 0.6 is 0 Å². The minimum Gasteiger partial charge on any atom is -0.507 e. The highest BCUT2D eigenvalue weighted by atomic mass is 16.3. The molecule has 0 atom stereocenters. The van der Waals surface area contributed by atoms with Crippen molar-refractivity contribution in [3.63, 3.8) is 0 Å². The van der Waals surface area contributed by atoms with Gasteiger partial charge in [-0.3, -0.25) is 14.1 Å². The highest BCUT2D eigenvalue weighted by molar-refractivity contribution is 5.98. The molecule has 6 heteroatoms. The molecule has 0 spiro atoms. The zero-order valence-corrected chi connectivity index (χ0v) is 49.9. The number of phenols is 1. The molecule has 1 N–H and O–H groups in total. The van der Waals surface area contributed by atoms with Gasteiger partial charge in [-0.1, -0.05) is 203 Å². The third-order valence-electron chi connectivity index (χ3n) is 16.0. The van der Waals surface area contributed by atoms with Gasteiger partial charge in [0.2, 0.25) is 0 Å². The van der Waals surface area contributed by atoms with Crippen LogP contribution in [0.5, 0.6) is 5.75 Å². The van der Waals surface area contributed by atoms with E-state index in [-0.39, 0.29) is 45.7 Å². The molecule has 0 bridgehead atoms. The number of benzene rings is 7. The second-order valence-corrected chi connectivity index (χ2v) is 26.4. The Balaban J connectivity index is 1.31. The fraction of sp³-hybridized carbons (Fsp3) is 0.329. The number of hydrogen-bond acceptors (Lipinski definition) is 4. The number of aromatic hydroxyl groups is 1. The van der Waals surface area contributed by atoms with Crippen molar-refractivity contribution in [2.75, 3.05) is 0 Å². The quantitative estimate of drug-likeness (QED) is 0.140. The maximum absolute atomic E-state index is 12.9. The van der Waals surface area contributed by atoms with E-state index in [9.17, 15) is 5.11 Å². The molecule has 10 rings (SSSR count). The molecule has 0 aliphatic carbocycles. The first-order valence-corrected chi connectivity index (χ1v) is 28.7. The Morgan fingerprint density at radius 2 is 0.886 bits per heavy atom. The highest BCUT2D eigenvalue weighted by Crippen LogP contribution is 2.48. The van der Waals surface area contributed by atoms with Crippen molar-refractivity contribution in [2.24, 2.45) is 0 Å². The summed E-state index contributed by atoms with van der Waals surface area (Å²) in [6.07, 6.45) is 3.79. The van der Waals surface area contributed by atoms with Crippen LogP contribution < -0.4 is 0 Å². The van der Waals surface area contributed by atoms with Crippen LogP contribution in [0.1, 0.15) is 180 Å². The number of nitrogens with zero attached hydrogens (tertiary/aromatic N) is 5. The monoisotopic (exact) mass is 1040 g/mol. The third kappa shape index (κ3) is 10.2. The van der Waals surface area contributed by atoms with Gasteiger partial charge in [0.1, 0.15) is 22.9 Å². The molecule has 3 heterocycles. The maximum Gasteiger partial charge on any atom is 0.149 e. The lowest BCUT2D eigenvalue weighted by Crippen LogP contribution is -2.17. The average Bonchev–Trinajstić information content (AvgIpc) is 3.66. The number of pyridine rings is 1. The van der Waals surface area contributed by atoms with Gasteiger partial charge in [-0.2, -0.15) is 0 Å². The van der Waals surface area contributed by atoms with Crippen molar-refractivity contribution in [1.82, 2.24) is 24.1 Å². The van der Waals surface area contributed by atoms with Crippen LogP contribution in [0.3, 0.4) is 0 Å². The van der Waals surface area contributed by atoms with Crippen LogP contribution in [0.4, 0.5) is 0 Å². The molecule has 0 aliphatic heterocycles. The SMILES string of the molecule is CC(C)c1cc(-c2ccccc2)cc(C(C)C)c1-n1c(-c2cc(-c3cccc4c3nc(-c3cc(C(C)(C)C)cc(C(C)(C)C)c3O)n4-c3c(C(C)C)cc(-c4ccccc4)cc3C(C)C)cc(C(C)(C)C)c2)nc2cnccc21. The van der Waals surface area contributed by atoms with Crippen LogP contribution in [0.15, 0.2) is 152 Å². The second-order valence-electron chi connectivity index (χ2n) is 26.4. The predicted molar refractivity (Wildman–Crippen MR) is 335 cm³/mol. The lowest BCUT2D eigenvalue weighted by atomic mass is 9.78. The first kappa shape index (κ1) is 54.8. The molecule has 0 radical (unpaired) electrons. The Morgan fingerprint density at radius 1 is 0.405 bits per heavy atom. The van der Waals surface area contributed by atoms with E-state index in [0.717, 1.165) is 72.8 Å². The Morgan fingerprint density at radius 3 is 1.37 bits per heavy atom. The number of phenolic OH excluding ortho intramolecular Hbond substituents is 1. The van der Waals surface area contributed by atoms with Crippen LogP contribution in [-0.4, -0.2) is 29.2 Å². The Bertz CT molecular complexity index is 3840. The largest absolute Gasteiger partial charge is 0.507 e. The average molecular weight is 1040 g/mol. The Hall–Kier alpha value is -7.57. The second kappa shape index (κ2) is 20.6. The molecular weight excluding hydrogens is 963 g/mol. The number of aromatic nitrogens is 5. The molecule has 0 amide bonds. The Kier molecular flexibility index (Phi) is 14.3. The molecule has 0 unspecified atom stereocenters. The van der Waals surface area contributed by atoms with Gasteiger partial charge in [-0.25, -0.2) is 9.97 Å². The van der Waals surface area contributed by atoms with Crippen LogP contribution in [0.2, 0.25) is 0 Å². The summed E-state index contributed by atoms with van der Waals surface area (Å²) in [4.78, 5) is 16.1. The molecule has 3 aromatic heterocycles. The summed E-state index contributed by atoms with van der Waals surface area (Å²) in [6.45, 7) is 38.6. The van der Waals surface area contributed by atoms with Crippen molar-refractivity contribution in [2.45, 2.75) is 158 Å². The maximum atomic E-state index is 12.9. The van der Waals surface area contributed by atoms with E-state index in [4.69, 9.17) is 9.97 Å².